The summed E-state index contributed by atoms with van der Waals surface area (Å²) in [6.45, 7) is 1.84. The third kappa shape index (κ3) is 3.90. The summed E-state index contributed by atoms with van der Waals surface area (Å²) < 4.78 is 1.57. The topological polar surface area (TPSA) is 158 Å². The summed E-state index contributed by atoms with van der Waals surface area (Å²) in [4.78, 5) is 47.2. The molecule has 2 aromatic heterocycles. The van der Waals surface area contributed by atoms with Crippen LogP contribution in [0.4, 0.5) is 11.5 Å². The molecule has 3 atom stereocenters. The van der Waals surface area contributed by atoms with Crippen LogP contribution in [0, 0.1) is 17.8 Å². The number of nitrogens with two attached hydrogens (primary N) is 1. The summed E-state index contributed by atoms with van der Waals surface area (Å²) in [5.41, 5.74) is 7.75. The van der Waals surface area contributed by atoms with Crippen molar-refractivity contribution in [3.63, 3.8) is 0 Å². The molecule has 0 bridgehead atoms. The Morgan fingerprint density at radius 3 is 2.75 bits per heavy atom. The van der Waals surface area contributed by atoms with E-state index in [0.29, 0.717) is 16.6 Å². The van der Waals surface area contributed by atoms with E-state index < -0.39 is 23.5 Å². The number of azo groups is 1. The summed E-state index contributed by atoms with van der Waals surface area (Å²) in [7, 11) is 1.73. The van der Waals surface area contributed by atoms with Crippen LogP contribution in [-0.4, -0.2) is 37.3 Å². The molecule has 0 radical (unpaired) electrons. The number of aromatic nitrogens is 4. The number of benzene rings is 1. The van der Waals surface area contributed by atoms with E-state index in [0.717, 1.165) is 0 Å². The maximum absolute atomic E-state index is 13.7. The molecule has 11 heteroatoms. The molecular weight excluding hydrogens is 460 g/mol. The van der Waals surface area contributed by atoms with Gasteiger partial charge >= 0.3 is 0 Å². The smallest absolute Gasteiger partial charge is 0.250 e. The largest absolute Gasteiger partial charge is 0.366 e. The molecule has 11 nitrogen and oxygen atoms in total. The number of amides is 2. The first kappa shape index (κ1) is 23.0. The lowest BCUT2D eigenvalue weighted by Gasteiger charge is -2.34. The molecule has 180 valence electrons. The van der Waals surface area contributed by atoms with Gasteiger partial charge in [0.15, 0.2) is 5.78 Å². The van der Waals surface area contributed by atoms with Gasteiger partial charge in [0.25, 0.3) is 5.91 Å². The third-order valence-electron chi connectivity index (χ3n) is 6.43. The number of carbonyl (C=O) groups excluding carboxylic acids is 3. The second kappa shape index (κ2) is 9.10. The molecule has 3 aromatic rings. The average molecular weight is 483 g/mol. The van der Waals surface area contributed by atoms with Gasteiger partial charge in [-0.25, -0.2) is 9.97 Å². The van der Waals surface area contributed by atoms with E-state index in [9.17, 15) is 14.4 Å². The quantitative estimate of drug-likeness (QED) is 0.420. The Hall–Kier alpha value is -4.80. The van der Waals surface area contributed by atoms with Gasteiger partial charge in [-0.15, -0.1) is 10.2 Å². The predicted octanol–water partition coefficient (Wildman–Crippen LogP) is 3.02. The van der Waals surface area contributed by atoms with Gasteiger partial charge in [0.2, 0.25) is 11.7 Å². The summed E-state index contributed by atoms with van der Waals surface area (Å²) in [5, 5.41) is 15.4. The number of primary amides is 1. The zero-order valence-corrected chi connectivity index (χ0v) is 19.5. The molecule has 2 aliphatic rings. The number of nitrogens with zero attached hydrogens (tertiary/aromatic N) is 6. The molecule has 3 N–H and O–H groups in total. The normalized spacial score (nSPS) is 21.3. The number of para-hydroxylation sites is 1. The van der Waals surface area contributed by atoms with Crippen LogP contribution in [0.3, 0.4) is 0 Å². The first-order valence-electron chi connectivity index (χ1n) is 11.2. The van der Waals surface area contributed by atoms with Gasteiger partial charge in [-0.05, 0) is 23.6 Å². The molecule has 0 spiro atoms. The Bertz CT molecular complexity index is 1530. The molecule has 2 heterocycles. The number of hydrogen-bond acceptors (Lipinski definition) is 8. The van der Waals surface area contributed by atoms with Crippen molar-refractivity contribution in [2.75, 3.05) is 5.32 Å². The highest BCUT2D eigenvalue weighted by atomic mass is 16.2. The molecule has 0 saturated carbocycles. The standard InChI is InChI=1S/C25H22N8O3/c1-13-14-7-3-4-8-15(14)20(31-32-24-21-18(27-12-28-24)11-29-33(21)2)22(34)19(13)25(36)30-17-10-6-5-9-16(17)23(26)35/h3-14,19H,1-2H3,(H2,26,35)(H,30,36). The second-order valence-corrected chi connectivity index (χ2v) is 8.57. The third-order valence-corrected chi connectivity index (χ3v) is 6.43. The van der Waals surface area contributed by atoms with Crippen molar-refractivity contribution in [1.82, 2.24) is 19.7 Å². The van der Waals surface area contributed by atoms with Crippen molar-refractivity contribution in [3.05, 3.63) is 77.9 Å². The van der Waals surface area contributed by atoms with Crippen LogP contribution in [0.15, 0.2) is 82.6 Å². The Morgan fingerprint density at radius 1 is 1.14 bits per heavy atom. The summed E-state index contributed by atoms with van der Waals surface area (Å²) in [6, 6.07) is 6.39. The van der Waals surface area contributed by atoms with Crippen LogP contribution in [0.2, 0.25) is 0 Å². The SMILES string of the molecule is CC1C2C=CC=CC2=C(N=Nc2ncnc3cnn(C)c23)C(=O)C1C(=O)Nc1ccccc1C(N)=O. The molecule has 5 rings (SSSR count). The van der Waals surface area contributed by atoms with Gasteiger partial charge < -0.3 is 11.1 Å². The summed E-state index contributed by atoms with van der Waals surface area (Å²) in [5.74, 6) is -3.11. The van der Waals surface area contributed by atoms with E-state index in [4.69, 9.17) is 5.73 Å². The maximum Gasteiger partial charge on any atom is 0.250 e. The lowest BCUT2D eigenvalue weighted by molar-refractivity contribution is -0.132. The number of carbonyl (C=O) groups is 3. The molecule has 2 aliphatic carbocycles. The highest BCUT2D eigenvalue weighted by molar-refractivity contribution is 6.16. The fourth-order valence-electron chi connectivity index (χ4n) is 4.63. The van der Waals surface area contributed by atoms with Crippen LogP contribution in [-0.2, 0) is 16.6 Å². The van der Waals surface area contributed by atoms with Crippen LogP contribution in [0.1, 0.15) is 17.3 Å². The zero-order valence-electron chi connectivity index (χ0n) is 19.5. The number of Topliss-reactive ketones (excluding diaryl/α,β-unsaturated/α-hetero) is 1. The minimum absolute atomic E-state index is 0.0796. The Kier molecular flexibility index (Phi) is 5.80. The van der Waals surface area contributed by atoms with Crippen molar-refractivity contribution < 1.29 is 14.4 Å². The van der Waals surface area contributed by atoms with Crippen LogP contribution < -0.4 is 11.1 Å². The van der Waals surface area contributed by atoms with Crippen LogP contribution >= 0.6 is 0 Å². The Morgan fingerprint density at radius 2 is 1.94 bits per heavy atom. The lowest BCUT2D eigenvalue weighted by atomic mass is 9.69. The van der Waals surface area contributed by atoms with E-state index in [1.807, 2.05) is 31.2 Å². The van der Waals surface area contributed by atoms with Gasteiger partial charge in [0.1, 0.15) is 29.0 Å². The molecule has 0 fully saturated rings. The van der Waals surface area contributed by atoms with Gasteiger partial charge in [0, 0.05) is 13.0 Å². The highest BCUT2D eigenvalue weighted by Gasteiger charge is 2.44. The van der Waals surface area contributed by atoms with E-state index >= 15 is 0 Å². The molecule has 0 aliphatic heterocycles. The molecule has 2 amide bonds. The van der Waals surface area contributed by atoms with Gasteiger partial charge in [0.05, 0.1) is 17.4 Å². The Balaban J connectivity index is 1.53. The first-order valence-corrected chi connectivity index (χ1v) is 11.2. The number of rotatable bonds is 5. The van der Waals surface area contributed by atoms with Gasteiger partial charge in [-0.2, -0.15) is 5.10 Å². The summed E-state index contributed by atoms with van der Waals surface area (Å²) >= 11 is 0. The van der Waals surface area contributed by atoms with Crippen LogP contribution in [0.25, 0.3) is 11.0 Å². The minimum Gasteiger partial charge on any atom is -0.366 e. The number of ketones is 1. The highest BCUT2D eigenvalue weighted by Crippen LogP contribution is 2.41. The molecule has 36 heavy (non-hydrogen) atoms. The molecule has 0 saturated heterocycles. The number of fused-ring (bicyclic) bond motifs is 2. The Labute approximate surface area is 205 Å². The number of allylic oxidation sites excluding steroid dienone is 6. The van der Waals surface area contributed by atoms with Gasteiger partial charge in [-0.3, -0.25) is 19.1 Å². The van der Waals surface area contributed by atoms with Crippen molar-refractivity contribution in [3.8, 4) is 0 Å². The maximum atomic E-state index is 13.7. The molecule has 1 aromatic carbocycles. The average Bonchev–Trinajstić information content (AvgIpc) is 3.25. The number of hydrogen-bond donors (Lipinski definition) is 2. The predicted molar refractivity (Wildman–Crippen MR) is 131 cm³/mol. The van der Waals surface area contributed by atoms with E-state index in [-0.39, 0.29) is 34.6 Å². The number of nitrogens with one attached hydrogen (secondary N) is 1. The summed E-state index contributed by atoms with van der Waals surface area (Å²) in [6.07, 6.45) is 10.4. The second-order valence-electron chi connectivity index (χ2n) is 8.57. The van der Waals surface area contributed by atoms with E-state index in [1.165, 1.54) is 12.4 Å². The number of aryl methyl sites for hydroxylation is 1. The lowest BCUT2D eigenvalue weighted by Crippen LogP contribution is -2.42. The fraction of sp³-hybridized carbons (Fsp3) is 0.200. The van der Waals surface area contributed by atoms with Crippen molar-refractivity contribution in [2.45, 2.75) is 6.92 Å². The molecular formula is C25H22N8O3. The molecule has 3 unspecified atom stereocenters. The van der Waals surface area contributed by atoms with Crippen molar-refractivity contribution >= 4 is 40.1 Å². The van der Waals surface area contributed by atoms with Crippen molar-refractivity contribution in [2.24, 2.45) is 40.8 Å². The van der Waals surface area contributed by atoms with E-state index in [2.05, 4.69) is 30.6 Å². The van der Waals surface area contributed by atoms with E-state index in [1.54, 1.807) is 36.1 Å². The van der Waals surface area contributed by atoms with Gasteiger partial charge in [-0.1, -0.05) is 43.4 Å². The fourth-order valence-corrected chi connectivity index (χ4v) is 4.63. The first-order chi connectivity index (χ1) is 17.4. The minimum atomic E-state index is -1.06. The van der Waals surface area contributed by atoms with Crippen molar-refractivity contribution in [1.29, 1.82) is 0 Å². The zero-order chi connectivity index (χ0) is 25.4. The monoisotopic (exact) mass is 482 g/mol. The number of anilines is 1. The van der Waals surface area contributed by atoms with Crippen LogP contribution in [0.5, 0.6) is 0 Å².